The molecule has 0 fully saturated rings. The van der Waals surface area contributed by atoms with Crippen molar-refractivity contribution in [3.8, 4) is 11.5 Å². The standard InChI is InChI=1S/C14H21BrO2/c1-16-13-9-8-12(11-14(13)17-2)7-5-3-4-6-10-15/h8-9,11H,3-7,10H2,1-2H3. The van der Waals surface area contributed by atoms with E-state index in [9.17, 15) is 0 Å². The van der Waals surface area contributed by atoms with Crippen molar-refractivity contribution in [3.05, 3.63) is 23.8 Å². The summed E-state index contributed by atoms with van der Waals surface area (Å²) in [5.74, 6) is 1.63. The lowest BCUT2D eigenvalue weighted by Gasteiger charge is -2.09. The van der Waals surface area contributed by atoms with Gasteiger partial charge in [-0.2, -0.15) is 0 Å². The van der Waals surface area contributed by atoms with Crippen LogP contribution in [0.4, 0.5) is 0 Å². The summed E-state index contributed by atoms with van der Waals surface area (Å²) in [6, 6.07) is 6.17. The zero-order chi connectivity index (χ0) is 12.5. The molecule has 0 amide bonds. The Morgan fingerprint density at radius 1 is 0.941 bits per heavy atom. The number of hydrogen-bond donors (Lipinski definition) is 0. The number of rotatable bonds is 8. The van der Waals surface area contributed by atoms with Gasteiger partial charge >= 0.3 is 0 Å². The molecule has 96 valence electrons. The van der Waals surface area contributed by atoms with Crippen molar-refractivity contribution >= 4 is 15.9 Å². The number of unbranched alkanes of at least 4 members (excludes halogenated alkanes) is 3. The number of halogens is 1. The highest BCUT2D eigenvalue weighted by atomic mass is 79.9. The van der Waals surface area contributed by atoms with Gasteiger partial charge in [0.05, 0.1) is 14.2 Å². The van der Waals surface area contributed by atoms with Crippen LogP contribution in [0.5, 0.6) is 11.5 Å². The summed E-state index contributed by atoms with van der Waals surface area (Å²) in [5, 5.41) is 1.11. The molecule has 0 bridgehead atoms. The van der Waals surface area contributed by atoms with E-state index in [-0.39, 0.29) is 0 Å². The van der Waals surface area contributed by atoms with Crippen LogP contribution in [0.15, 0.2) is 18.2 Å². The van der Waals surface area contributed by atoms with Crippen LogP contribution in [0.25, 0.3) is 0 Å². The van der Waals surface area contributed by atoms with E-state index in [4.69, 9.17) is 9.47 Å². The molecule has 3 heteroatoms. The first kappa shape index (κ1) is 14.4. The molecule has 0 radical (unpaired) electrons. The van der Waals surface area contributed by atoms with Gasteiger partial charge in [-0.15, -0.1) is 0 Å². The summed E-state index contributed by atoms with van der Waals surface area (Å²) < 4.78 is 10.5. The lowest BCUT2D eigenvalue weighted by molar-refractivity contribution is 0.354. The predicted molar refractivity (Wildman–Crippen MR) is 75.5 cm³/mol. The second kappa shape index (κ2) is 8.40. The van der Waals surface area contributed by atoms with Crippen LogP contribution < -0.4 is 9.47 Å². The topological polar surface area (TPSA) is 18.5 Å². The van der Waals surface area contributed by atoms with Gasteiger partial charge in [0.1, 0.15) is 0 Å². The molecule has 1 aromatic rings. The third-order valence-corrected chi connectivity index (χ3v) is 3.36. The fourth-order valence-electron chi connectivity index (χ4n) is 1.81. The Morgan fingerprint density at radius 3 is 2.29 bits per heavy atom. The molecule has 1 aromatic carbocycles. The average Bonchev–Trinajstić information content (AvgIpc) is 2.38. The first-order valence-electron chi connectivity index (χ1n) is 6.08. The lowest BCUT2D eigenvalue weighted by atomic mass is 10.1. The number of alkyl halides is 1. The van der Waals surface area contributed by atoms with Gasteiger partial charge in [0.2, 0.25) is 0 Å². The fraction of sp³-hybridized carbons (Fsp3) is 0.571. The van der Waals surface area contributed by atoms with Gasteiger partial charge < -0.3 is 9.47 Å². The molecule has 0 saturated heterocycles. The van der Waals surface area contributed by atoms with Gasteiger partial charge in [-0.1, -0.05) is 34.8 Å². The minimum absolute atomic E-state index is 0.801. The van der Waals surface area contributed by atoms with Gasteiger partial charge in [0, 0.05) is 5.33 Å². The van der Waals surface area contributed by atoms with Crippen LogP contribution >= 0.6 is 15.9 Å². The van der Waals surface area contributed by atoms with Crippen LogP contribution in [-0.2, 0) is 6.42 Å². The van der Waals surface area contributed by atoms with E-state index >= 15 is 0 Å². The smallest absolute Gasteiger partial charge is 0.160 e. The molecule has 0 N–H and O–H groups in total. The highest BCUT2D eigenvalue weighted by Crippen LogP contribution is 2.28. The molecule has 0 atom stereocenters. The molecule has 0 aliphatic carbocycles. The van der Waals surface area contributed by atoms with E-state index in [2.05, 4.69) is 28.1 Å². The normalized spacial score (nSPS) is 10.3. The molecule has 1 rings (SSSR count). The Kier molecular flexibility index (Phi) is 7.10. The maximum Gasteiger partial charge on any atom is 0.160 e. The number of methoxy groups -OCH3 is 2. The van der Waals surface area contributed by atoms with Crippen LogP contribution in [0, 0.1) is 0 Å². The monoisotopic (exact) mass is 300 g/mol. The molecule has 0 aliphatic heterocycles. The van der Waals surface area contributed by atoms with Crippen LogP contribution in [0.1, 0.15) is 31.2 Å². The molecule has 2 nitrogen and oxygen atoms in total. The third-order valence-electron chi connectivity index (χ3n) is 2.80. The van der Waals surface area contributed by atoms with E-state index < -0.39 is 0 Å². The highest BCUT2D eigenvalue weighted by molar-refractivity contribution is 9.09. The predicted octanol–water partition coefficient (Wildman–Crippen LogP) is 4.20. The second-order valence-electron chi connectivity index (χ2n) is 4.04. The van der Waals surface area contributed by atoms with Gasteiger partial charge in [0.15, 0.2) is 11.5 Å². The molecule has 17 heavy (non-hydrogen) atoms. The lowest BCUT2D eigenvalue weighted by Crippen LogP contribution is -1.93. The largest absolute Gasteiger partial charge is 0.493 e. The van der Waals surface area contributed by atoms with Crippen molar-refractivity contribution in [1.82, 2.24) is 0 Å². The Balaban J connectivity index is 2.43. The summed E-state index contributed by atoms with van der Waals surface area (Å²) >= 11 is 3.45. The third kappa shape index (κ3) is 4.99. The van der Waals surface area contributed by atoms with Crippen LogP contribution in [0.3, 0.4) is 0 Å². The zero-order valence-electron chi connectivity index (χ0n) is 10.7. The number of ether oxygens (including phenoxy) is 2. The van der Waals surface area contributed by atoms with Crippen molar-refractivity contribution in [2.75, 3.05) is 19.5 Å². The number of hydrogen-bond acceptors (Lipinski definition) is 2. The molecule has 0 unspecified atom stereocenters. The minimum atomic E-state index is 0.801. The van der Waals surface area contributed by atoms with E-state index in [1.807, 2.05) is 6.07 Å². The van der Waals surface area contributed by atoms with Crippen molar-refractivity contribution in [2.24, 2.45) is 0 Å². The Bertz CT molecular complexity index is 326. The van der Waals surface area contributed by atoms with E-state index in [0.29, 0.717) is 0 Å². The summed E-state index contributed by atoms with van der Waals surface area (Å²) in [4.78, 5) is 0. The number of aryl methyl sites for hydroxylation is 1. The first-order valence-corrected chi connectivity index (χ1v) is 7.21. The van der Waals surface area contributed by atoms with Gasteiger partial charge in [-0.05, 0) is 37.0 Å². The summed E-state index contributed by atoms with van der Waals surface area (Å²) in [5.41, 5.74) is 1.32. The quantitative estimate of drug-likeness (QED) is 0.529. The van der Waals surface area contributed by atoms with E-state index in [1.54, 1.807) is 14.2 Å². The maximum atomic E-state index is 5.29. The first-order chi connectivity index (χ1) is 8.31. The molecular weight excluding hydrogens is 280 g/mol. The van der Waals surface area contributed by atoms with Crippen LogP contribution in [0.2, 0.25) is 0 Å². The van der Waals surface area contributed by atoms with Crippen molar-refractivity contribution in [3.63, 3.8) is 0 Å². The Labute approximate surface area is 112 Å². The fourth-order valence-corrected chi connectivity index (χ4v) is 2.21. The summed E-state index contributed by atoms with van der Waals surface area (Å²) in [6.07, 6.45) is 6.22. The molecule has 0 saturated carbocycles. The molecule has 0 aliphatic rings. The summed E-state index contributed by atoms with van der Waals surface area (Å²) in [6.45, 7) is 0. The SMILES string of the molecule is COc1ccc(CCCCCCBr)cc1OC. The Hall–Kier alpha value is -0.700. The van der Waals surface area contributed by atoms with Gasteiger partial charge in [-0.25, -0.2) is 0 Å². The molecule has 0 heterocycles. The van der Waals surface area contributed by atoms with Crippen molar-refractivity contribution in [1.29, 1.82) is 0 Å². The summed E-state index contributed by atoms with van der Waals surface area (Å²) in [7, 11) is 3.34. The number of benzene rings is 1. The molecule has 0 spiro atoms. The molecular formula is C14H21BrO2. The highest BCUT2D eigenvalue weighted by Gasteiger charge is 2.04. The Morgan fingerprint density at radius 2 is 1.65 bits per heavy atom. The minimum Gasteiger partial charge on any atom is -0.493 e. The maximum absolute atomic E-state index is 5.29. The van der Waals surface area contributed by atoms with E-state index in [0.717, 1.165) is 23.2 Å². The second-order valence-corrected chi connectivity index (χ2v) is 4.84. The molecule has 0 aromatic heterocycles. The zero-order valence-corrected chi connectivity index (χ0v) is 12.3. The van der Waals surface area contributed by atoms with Gasteiger partial charge in [0.25, 0.3) is 0 Å². The van der Waals surface area contributed by atoms with E-state index in [1.165, 1.54) is 31.2 Å². The van der Waals surface area contributed by atoms with Crippen molar-refractivity contribution in [2.45, 2.75) is 32.1 Å². The van der Waals surface area contributed by atoms with Crippen LogP contribution in [-0.4, -0.2) is 19.5 Å². The average molecular weight is 301 g/mol. The van der Waals surface area contributed by atoms with Gasteiger partial charge in [-0.3, -0.25) is 0 Å². The van der Waals surface area contributed by atoms with Crippen molar-refractivity contribution < 1.29 is 9.47 Å².